The number of carbonyl (C=O) groups excluding carboxylic acids is 2. The quantitative estimate of drug-likeness (QED) is 0.373. The Bertz CT molecular complexity index is 1590. The van der Waals surface area contributed by atoms with Crippen LogP contribution in [-0.2, 0) is 0 Å². The van der Waals surface area contributed by atoms with Gasteiger partial charge in [0.05, 0.1) is 24.3 Å². The first-order chi connectivity index (χ1) is 17.8. The summed E-state index contributed by atoms with van der Waals surface area (Å²) < 4.78 is 25.0. The monoisotopic (exact) mass is 497 g/mol. The largest absolute Gasteiger partial charge is 0.496 e. The molecule has 1 aliphatic rings. The highest BCUT2D eigenvalue weighted by atomic mass is 19.1. The highest BCUT2D eigenvalue weighted by Gasteiger charge is 2.45. The summed E-state index contributed by atoms with van der Waals surface area (Å²) in [6.07, 6.45) is 1.23. The van der Waals surface area contributed by atoms with Crippen molar-refractivity contribution in [1.29, 1.82) is 5.26 Å². The summed E-state index contributed by atoms with van der Waals surface area (Å²) in [5.74, 6) is -0.370. The number of aryl methyl sites for hydroxylation is 1. The van der Waals surface area contributed by atoms with Crippen LogP contribution in [-0.4, -0.2) is 31.5 Å². The molecule has 0 atom stereocenters. The van der Waals surface area contributed by atoms with Gasteiger partial charge < -0.3 is 19.8 Å². The van der Waals surface area contributed by atoms with Crippen LogP contribution in [0.2, 0.25) is 0 Å². The Morgan fingerprint density at radius 3 is 2.38 bits per heavy atom. The van der Waals surface area contributed by atoms with Gasteiger partial charge in [-0.25, -0.2) is 4.39 Å². The smallest absolute Gasteiger partial charge is 0.256 e. The van der Waals surface area contributed by atoms with Crippen LogP contribution in [0.15, 0.2) is 59.0 Å². The van der Waals surface area contributed by atoms with E-state index < -0.39 is 5.54 Å². The second-order valence-corrected chi connectivity index (χ2v) is 9.12. The molecule has 1 fully saturated rings. The van der Waals surface area contributed by atoms with Crippen molar-refractivity contribution in [3.05, 3.63) is 77.1 Å². The van der Waals surface area contributed by atoms with E-state index in [-0.39, 0.29) is 17.6 Å². The van der Waals surface area contributed by atoms with Crippen molar-refractivity contribution in [2.45, 2.75) is 25.3 Å². The number of nitrogens with one attached hydrogen (secondary N) is 2. The summed E-state index contributed by atoms with van der Waals surface area (Å²) in [6, 6.07) is 16.9. The first-order valence-corrected chi connectivity index (χ1v) is 11.8. The Morgan fingerprint density at radius 2 is 1.76 bits per heavy atom. The molecular formula is C29H24FN3O4. The molecule has 0 aliphatic heterocycles. The van der Waals surface area contributed by atoms with E-state index in [1.54, 1.807) is 30.3 Å². The van der Waals surface area contributed by atoms with Gasteiger partial charge in [0.1, 0.15) is 28.4 Å². The predicted octanol–water partition coefficient (Wildman–Crippen LogP) is 5.37. The second kappa shape index (κ2) is 9.10. The lowest BCUT2D eigenvalue weighted by Crippen LogP contribution is -2.35. The van der Waals surface area contributed by atoms with Crippen LogP contribution in [0.4, 0.5) is 4.39 Å². The van der Waals surface area contributed by atoms with Crippen LogP contribution in [0, 0.1) is 24.1 Å². The molecule has 0 spiro atoms. The number of rotatable bonds is 6. The Kier molecular flexibility index (Phi) is 5.92. The van der Waals surface area contributed by atoms with Gasteiger partial charge in [-0.1, -0.05) is 6.07 Å². The summed E-state index contributed by atoms with van der Waals surface area (Å²) in [6.45, 7) is 1.90. The number of amides is 2. The lowest BCUT2D eigenvalue weighted by Gasteiger charge is -2.16. The number of benzene rings is 3. The SMILES string of the molecule is CNC(=O)c1c(-c2ccc(F)cc2)oc2ccc(-c3cc(C(=O)NC4(C#N)CC4)c(OC)cc3C)cc12. The van der Waals surface area contributed by atoms with Gasteiger partial charge in [-0.05, 0) is 85.0 Å². The van der Waals surface area contributed by atoms with Crippen molar-refractivity contribution in [1.82, 2.24) is 10.6 Å². The number of methoxy groups -OCH3 is 1. The third kappa shape index (κ3) is 4.29. The zero-order chi connectivity index (χ0) is 26.3. The maximum Gasteiger partial charge on any atom is 0.256 e. The molecule has 4 aromatic rings. The lowest BCUT2D eigenvalue weighted by atomic mass is 9.95. The van der Waals surface area contributed by atoms with E-state index in [4.69, 9.17) is 9.15 Å². The molecule has 8 heteroatoms. The van der Waals surface area contributed by atoms with Crippen LogP contribution in [0.5, 0.6) is 5.75 Å². The van der Waals surface area contributed by atoms with Gasteiger partial charge in [0.15, 0.2) is 0 Å². The number of nitrogens with zero attached hydrogens (tertiary/aromatic N) is 1. The summed E-state index contributed by atoms with van der Waals surface area (Å²) in [7, 11) is 3.03. The van der Waals surface area contributed by atoms with Crippen molar-refractivity contribution < 1.29 is 23.1 Å². The molecule has 0 saturated heterocycles. The molecule has 7 nitrogen and oxygen atoms in total. The van der Waals surface area contributed by atoms with Crippen molar-refractivity contribution in [2.24, 2.45) is 0 Å². The minimum Gasteiger partial charge on any atom is -0.496 e. The van der Waals surface area contributed by atoms with Gasteiger partial charge in [0.2, 0.25) is 0 Å². The minimum absolute atomic E-state index is 0.315. The highest BCUT2D eigenvalue weighted by molar-refractivity contribution is 6.12. The second-order valence-electron chi connectivity index (χ2n) is 9.12. The van der Waals surface area contributed by atoms with Gasteiger partial charge in [-0.15, -0.1) is 0 Å². The number of carbonyl (C=O) groups is 2. The normalized spacial score (nSPS) is 13.6. The fraction of sp³-hybridized carbons (Fsp3) is 0.207. The molecule has 0 radical (unpaired) electrons. The number of furan rings is 1. The summed E-state index contributed by atoms with van der Waals surface area (Å²) >= 11 is 0. The summed E-state index contributed by atoms with van der Waals surface area (Å²) in [4.78, 5) is 26.0. The molecule has 2 amide bonds. The van der Waals surface area contributed by atoms with Gasteiger partial charge in [-0.2, -0.15) is 5.26 Å². The van der Waals surface area contributed by atoms with Crippen LogP contribution < -0.4 is 15.4 Å². The van der Waals surface area contributed by atoms with Crippen LogP contribution >= 0.6 is 0 Å². The molecule has 0 bridgehead atoms. The topological polar surface area (TPSA) is 104 Å². The Balaban J connectivity index is 1.64. The molecule has 2 N–H and O–H groups in total. The maximum atomic E-state index is 13.5. The van der Waals surface area contributed by atoms with E-state index in [2.05, 4.69) is 16.7 Å². The van der Waals surface area contributed by atoms with Crippen LogP contribution in [0.3, 0.4) is 0 Å². The third-order valence-corrected chi connectivity index (χ3v) is 6.67. The van der Waals surface area contributed by atoms with Crippen molar-refractivity contribution in [3.63, 3.8) is 0 Å². The molecule has 1 aromatic heterocycles. The zero-order valence-corrected chi connectivity index (χ0v) is 20.6. The third-order valence-electron chi connectivity index (χ3n) is 6.67. The lowest BCUT2D eigenvalue weighted by molar-refractivity contribution is 0.0936. The summed E-state index contributed by atoms with van der Waals surface area (Å²) in [5.41, 5.74) is 3.29. The molecule has 3 aromatic carbocycles. The number of hydrogen-bond acceptors (Lipinski definition) is 5. The average molecular weight is 498 g/mol. The number of fused-ring (bicyclic) bond motifs is 1. The fourth-order valence-electron chi connectivity index (χ4n) is 4.43. The maximum absolute atomic E-state index is 13.5. The Hall–Kier alpha value is -4.64. The van der Waals surface area contributed by atoms with Gasteiger partial charge in [0, 0.05) is 18.0 Å². The van der Waals surface area contributed by atoms with Crippen molar-refractivity contribution >= 4 is 22.8 Å². The molecule has 5 rings (SSSR count). The van der Waals surface area contributed by atoms with E-state index in [0.29, 0.717) is 52.0 Å². The van der Waals surface area contributed by atoms with Crippen LogP contribution in [0.25, 0.3) is 33.4 Å². The van der Waals surface area contributed by atoms with E-state index in [0.717, 1.165) is 16.7 Å². The number of nitriles is 1. The van der Waals surface area contributed by atoms with E-state index in [1.807, 2.05) is 19.1 Å². The molecule has 186 valence electrons. The Labute approximate surface area is 212 Å². The van der Waals surface area contributed by atoms with Crippen molar-refractivity contribution in [3.8, 4) is 34.3 Å². The number of halogens is 1. The molecule has 37 heavy (non-hydrogen) atoms. The number of hydrogen-bond donors (Lipinski definition) is 2. The predicted molar refractivity (Wildman–Crippen MR) is 137 cm³/mol. The van der Waals surface area contributed by atoms with E-state index in [1.165, 1.54) is 26.3 Å². The molecule has 0 unspecified atom stereocenters. The minimum atomic E-state index is -0.817. The standard InChI is InChI=1S/C29H24FN3O4/c1-16-12-24(36-3)22(27(34)33-29(15-31)10-11-29)14-20(16)18-6-9-23-21(13-18)25(28(35)32-2)26(37-23)17-4-7-19(30)8-5-17/h4-9,12-14H,10-11H2,1-3H3,(H,32,35)(H,33,34). The summed E-state index contributed by atoms with van der Waals surface area (Å²) in [5, 5.41) is 15.4. The van der Waals surface area contributed by atoms with Gasteiger partial charge in [-0.3, -0.25) is 9.59 Å². The van der Waals surface area contributed by atoms with E-state index in [9.17, 15) is 19.2 Å². The fourth-order valence-corrected chi connectivity index (χ4v) is 4.43. The van der Waals surface area contributed by atoms with Crippen molar-refractivity contribution in [2.75, 3.05) is 14.2 Å². The average Bonchev–Trinajstić information content (AvgIpc) is 3.58. The van der Waals surface area contributed by atoms with Crippen LogP contribution in [0.1, 0.15) is 39.1 Å². The number of ether oxygens (including phenoxy) is 1. The highest BCUT2D eigenvalue weighted by Crippen LogP contribution is 2.39. The molecule has 1 saturated carbocycles. The first-order valence-electron chi connectivity index (χ1n) is 11.8. The van der Waals surface area contributed by atoms with Gasteiger partial charge in [0.25, 0.3) is 11.8 Å². The van der Waals surface area contributed by atoms with Gasteiger partial charge >= 0.3 is 0 Å². The zero-order valence-electron chi connectivity index (χ0n) is 20.6. The Morgan fingerprint density at radius 1 is 1.05 bits per heavy atom. The molecule has 1 aliphatic carbocycles. The molecular weight excluding hydrogens is 473 g/mol. The van der Waals surface area contributed by atoms with E-state index >= 15 is 0 Å². The molecule has 1 heterocycles. The first kappa shape index (κ1) is 24.1.